The molecule has 3 heteroatoms. The van der Waals surface area contributed by atoms with Gasteiger partial charge in [0.05, 0.1) is 0 Å². The molecule has 0 fully saturated rings. The maximum Gasteiger partial charge on any atom is 0.0467 e. The van der Waals surface area contributed by atoms with Crippen molar-refractivity contribution in [2.45, 2.75) is 64.3 Å². The van der Waals surface area contributed by atoms with Gasteiger partial charge >= 0.3 is 0 Å². The predicted octanol–water partition coefficient (Wildman–Crippen LogP) is 6.03. The van der Waals surface area contributed by atoms with Crippen LogP contribution in [-0.4, -0.2) is 0 Å². The first-order chi connectivity index (χ1) is 8.97. The molecule has 0 amide bonds. The second-order valence-corrected chi connectivity index (χ2v) is 6.88. The molecule has 0 saturated heterocycles. The van der Waals surface area contributed by atoms with Gasteiger partial charge in [-0.1, -0.05) is 79.0 Å². The van der Waals surface area contributed by atoms with E-state index in [-0.39, 0.29) is 5.54 Å². The van der Waals surface area contributed by atoms with Crippen LogP contribution < -0.4 is 5.73 Å². The van der Waals surface area contributed by atoms with Crippen LogP contribution in [0.15, 0.2) is 22.7 Å². The summed E-state index contributed by atoms with van der Waals surface area (Å²) in [4.78, 5) is 0. The number of unbranched alkanes of at least 4 members (excludes halogenated alkanes) is 5. The van der Waals surface area contributed by atoms with Crippen molar-refractivity contribution in [3.8, 4) is 0 Å². The minimum Gasteiger partial charge on any atom is -0.322 e. The second-order valence-electron chi connectivity index (χ2n) is 5.56. The lowest BCUT2D eigenvalue weighted by Crippen LogP contribution is -2.33. The zero-order valence-electron chi connectivity index (χ0n) is 12.0. The number of hydrogen-bond acceptors (Lipinski definition) is 1. The monoisotopic (exact) mass is 345 g/mol. The zero-order chi connectivity index (χ0) is 14.3. The lowest BCUT2D eigenvalue weighted by molar-refractivity contribution is 0.421. The Labute approximate surface area is 131 Å². The van der Waals surface area contributed by atoms with Crippen LogP contribution in [0.4, 0.5) is 0 Å². The van der Waals surface area contributed by atoms with Gasteiger partial charge in [0.15, 0.2) is 0 Å². The van der Waals surface area contributed by atoms with Gasteiger partial charge in [-0.2, -0.15) is 0 Å². The summed E-state index contributed by atoms with van der Waals surface area (Å²) in [6.07, 6.45) is 8.72. The first-order valence-electron chi connectivity index (χ1n) is 7.22. The number of benzene rings is 1. The minimum absolute atomic E-state index is 0.331. The third-order valence-electron chi connectivity index (χ3n) is 3.60. The fourth-order valence-electron chi connectivity index (χ4n) is 2.36. The van der Waals surface area contributed by atoms with Crippen LogP contribution in [0.2, 0.25) is 5.02 Å². The van der Waals surface area contributed by atoms with E-state index < -0.39 is 0 Å². The van der Waals surface area contributed by atoms with Crippen LogP contribution in [0.25, 0.3) is 0 Å². The highest BCUT2D eigenvalue weighted by molar-refractivity contribution is 9.10. The Hall–Kier alpha value is -0.0500. The predicted molar refractivity (Wildman–Crippen MR) is 88.7 cm³/mol. The van der Waals surface area contributed by atoms with Gasteiger partial charge in [0, 0.05) is 15.0 Å². The van der Waals surface area contributed by atoms with Crippen LogP contribution in [0.1, 0.15) is 64.4 Å². The first-order valence-corrected chi connectivity index (χ1v) is 8.39. The van der Waals surface area contributed by atoms with Gasteiger partial charge in [0.1, 0.15) is 0 Å². The summed E-state index contributed by atoms with van der Waals surface area (Å²) in [5, 5.41) is 0.755. The first kappa shape index (κ1) is 17.0. The van der Waals surface area contributed by atoms with Crippen LogP contribution in [0.5, 0.6) is 0 Å². The molecule has 0 aliphatic carbocycles. The molecule has 1 rings (SSSR count). The Morgan fingerprint density at radius 2 is 1.79 bits per heavy atom. The molecule has 0 bridgehead atoms. The van der Waals surface area contributed by atoms with E-state index in [1.807, 2.05) is 18.2 Å². The maximum atomic E-state index is 6.43. The van der Waals surface area contributed by atoms with Crippen LogP contribution in [-0.2, 0) is 5.54 Å². The second kappa shape index (κ2) is 8.28. The van der Waals surface area contributed by atoms with Crippen molar-refractivity contribution < 1.29 is 0 Å². The summed E-state index contributed by atoms with van der Waals surface area (Å²) < 4.78 is 0.997. The Bertz CT molecular complexity index is 390. The van der Waals surface area contributed by atoms with Gasteiger partial charge in [-0.3, -0.25) is 0 Å². The van der Waals surface area contributed by atoms with E-state index in [1.54, 1.807) is 0 Å². The van der Waals surface area contributed by atoms with Crippen LogP contribution in [0, 0.1) is 0 Å². The summed E-state index contributed by atoms with van der Waals surface area (Å²) in [5.74, 6) is 0. The zero-order valence-corrected chi connectivity index (χ0v) is 14.4. The van der Waals surface area contributed by atoms with Crippen molar-refractivity contribution in [3.63, 3.8) is 0 Å². The van der Waals surface area contributed by atoms with Crippen molar-refractivity contribution in [2.75, 3.05) is 0 Å². The smallest absolute Gasteiger partial charge is 0.0467 e. The highest BCUT2D eigenvalue weighted by Gasteiger charge is 2.23. The topological polar surface area (TPSA) is 26.0 Å². The molecule has 1 unspecified atom stereocenters. The standard InChI is InChI=1S/C16H25BrClN/c1-3-4-5-6-7-8-11-16(2,19)14-10-9-13(17)12-15(14)18/h9-10,12H,3-8,11,19H2,1-2H3. The number of halogens is 2. The third-order valence-corrected chi connectivity index (χ3v) is 4.40. The molecule has 1 aromatic carbocycles. The summed E-state index contributed by atoms with van der Waals surface area (Å²) in [5.41, 5.74) is 7.15. The van der Waals surface area contributed by atoms with E-state index in [0.29, 0.717) is 0 Å². The fraction of sp³-hybridized carbons (Fsp3) is 0.625. The Balaban J connectivity index is 2.46. The van der Waals surface area contributed by atoms with Crippen molar-refractivity contribution in [1.82, 2.24) is 0 Å². The SMILES string of the molecule is CCCCCCCCC(C)(N)c1ccc(Br)cc1Cl. The molecule has 0 aromatic heterocycles. The molecule has 0 spiro atoms. The van der Waals surface area contributed by atoms with Crippen molar-refractivity contribution in [1.29, 1.82) is 0 Å². The van der Waals surface area contributed by atoms with Gasteiger partial charge in [0.2, 0.25) is 0 Å². The molecule has 2 N–H and O–H groups in total. The van der Waals surface area contributed by atoms with E-state index in [9.17, 15) is 0 Å². The Morgan fingerprint density at radius 1 is 1.16 bits per heavy atom. The van der Waals surface area contributed by atoms with Crippen molar-refractivity contribution in [3.05, 3.63) is 33.3 Å². The van der Waals surface area contributed by atoms with E-state index >= 15 is 0 Å². The molecular weight excluding hydrogens is 322 g/mol. The quantitative estimate of drug-likeness (QED) is 0.572. The van der Waals surface area contributed by atoms with Gasteiger partial charge in [-0.25, -0.2) is 0 Å². The number of hydrogen-bond donors (Lipinski definition) is 1. The molecule has 1 nitrogen and oxygen atoms in total. The molecule has 19 heavy (non-hydrogen) atoms. The molecule has 108 valence electrons. The van der Waals surface area contributed by atoms with Crippen LogP contribution >= 0.6 is 27.5 Å². The summed E-state index contributed by atoms with van der Waals surface area (Å²) in [6.45, 7) is 4.32. The van der Waals surface area contributed by atoms with E-state index in [0.717, 1.165) is 21.5 Å². The number of nitrogens with two attached hydrogens (primary N) is 1. The van der Waals surface area contributed by atoms with Gasteiger partial charge in [-0.15, -0.1) is 0 Å². The molecule has 0 radical (unpaired) electrons. The van der Waals surface area contributed by atoms with Gasteiger partial charge in [0.25, 0.3) is 0 Å². The lowest BCUT2D eigenvalue weighted by atomic mass is 9.87. The summed E-state index contributed by atoms with van der Waals surface area (Å²) >= 11 is 9.71. The van der Waals surface area contributed by atoms with E-state index in [2.05, 4.69) is 29.8 Å². The normalized spacial score (nSPS) is 14.4. The van der Waals surface area contributed by atoms with Crippen molar-refractivity contribution >= 4 is 27.5 Å². The molecule has 0 aliphatic rings. The molecule has 0 saturated carbocycles. The third kappa shape index (κ3) is 5.85. The fourth-order valence-corrected chi connectivity index (χ4v) is 3.25. The number of rotatable bonds is 8. The van der Waals surface area contributed by atoms with E-state index in [4.69, 9.17) is 17.3 Å². The maximum absolute atomic E-state index is 6.43. The molecule has 0 aliphatic heterocycles. The average molecular weight is 347 g/mol. The average Bonchev–Trinajstić information content (AvgIpc) is 2.33. The molecule has 1 aromatic rings. The summed E-state index contributed by atoms with van der Waals surface area (Å²) in [7, 11) is 0. The van der Waals surface area contributed by atoms with Gasteiger partial charge in [-0.05, 0) is 31.0 Å². The Kier molecular flexibility index (Phi) is 7.41. The van der Waals surface area contributed by atoms with Crippen molar-refractivity contribution in [2.24, 2.45) is 5.73 Å². The molecule has 1 atom stereocenters. The highest BCUT2D eigenvalue weighted by atomic mass is 79.9. The summed E-state index contributed by atoms with van der Waals surface area (Å²) in [6, 6.07) is 5.96. The molecule has 0 heterocycles. The lowest BCUT2D eigenvalue weighted by Gasteiger charge is -2.26. The van der Waals surface area contributed by atoms with Crippen LogP contribution in [0.3, 0.4) is 0 Å². The van der Waals surface area contributed by atoms with Gasteiger partial charge < -0.3 is 5.73 Å². The molecular formula is C16H25BrClN. The van der Waals surface area contributed by atoms with E-state index in [1.165, 1.54) is 38.5 Å². The highest BCUT2D eigenvalue weighted by Crippen LogP contribution is 2.32. The Morgan fingerprint density at radius 3 is 2.42 bits per heavy atom. The minimum atomic E-state index is -0.331. The largest absolute Gasteiger partial charge is 0.322 e.